The fourth-order valence-corrected chi connectivity index (χ4v) is 3.20. The molecule has 1 atom stereocenters. The summed E-state index contributed by atoms with van der Waals surface area (Å²) < 4.78 is 1.68. The molecule has 0 amide bonds. The predicted molar refractivity (Wildman–Crippen MR) is 77.7 cm³/mol. The topological polar surface area (TPSA) is 82.9 Å². The Kier molecular flexibility index (Phi) is 3.73. The van der Waals surface area contributed by atoms with E-state index in [0.29, 0.717) is 30.4 Å². The standard InChI is InChI=1S/C13H19ClN6O/c1-9-10(12(14)19(2)17-9)7-20-5-3-4-13(21,8-20)11-6-15-18-16-11/h6,21H,3-5,7-8H2,1-2H3,(H,15,16,18). The Morgan fingerprint density at radius 1 is 1.52 bits per heavy atom. The summed E-state index contributed by atoms with van der Waals surface area (Å²) in [6.45, 7) is 4.07. The minimum Gasteiger partial charge on any atom is -0.382 e. The number of rotatable bonds is 3. The van der Waals surface area contributed by atoms with E-state index in [1.165, 1.54) is 0 Å². The molecule has 2 N–H and O–H groups in total. The molecule has 1 fully saturated rings. The van der Waals surface area contributed by atoms with Crippen molar-refractivity contribution in [2.75, 3.05) is 13.1 Å². The molecule has 21 heavy (non-hydrogen) atoms. The first-order valence-electron chi connectivity index (χ1n) is 6.98. The Morgan fingerprint density at radius 2 is 2.33 bits per heavy atom. The molecule has 2 aromatic heterocycles. The monoisotopic (exact) mass is 310 g/mol. The number of aromatic amines is 1. The van der Waals surface area contributed by atoms with Crippen molar-refractivity contribution in [2.45, 2.75) is 31.9 Å². The van der Waals surface area contributed by atoms with Gasteiger partial charge in [0.2, 0.25) is 0 Å². The Balaban J connectivity index is 1.78. The van der Waals surface area contributed by atoms with Gasteiger partial charge in [0, 0.05) is 25.7 Å². The average Bonchev–Trinajstić information content (AvgIpc) is 3.05. The molecule has 0 aliphatic carbocycles. The fraction of sp³-hybridized carbons (Fsp3) is 0.615. The molecule has 0 saturated carbocycles. The molecule has 114 valence electrons. The number of nitrogens with zero attached hydrogens (tertiary/aromatic N) is 5. The first-order chi connectivity index (χ1) is 9.99. The van der Waals surface area contributed by atoms with Crippen molar-refractivity contribution in [2.24, 2.45) is 7.05 Å². The van der Waals surface area contributed by atoms with Gasteiger partial charge in [0.05, 0.1) is 11.9 Å². The van der Waals surface area contributed by atoms with Crippen molar-refractivity contribution in [3.8, 4) is 0 Å². The highest BCUT2D eigenvalue weighted by molar-refractivity contribution is 6.30. The molecule has 0 radical (unpaired) electrons. The summed E-state index contributed by atoms with van der Waals surface area (Å²) in [6, 6.07) is 0. The quantitative estimate of drug-likeness (QED) is 0.883. The molecule has 0 spiro atoms. The van der Waals surface area contributed by atoms with Crippen LogP contribution in [0.1, 0.15) is 29.8 Å². The lowest BCUT2D eigenvalue weighted by atomic mass is 9.90. The van der Waals surface area contributed by atoms with Crippen molar-refractivity contribution in [1.29, 1.82) is 0 Å². The third kappa shape index (κ3) is 2.68. The van der Waals surface area contributed by atoms with E-state index in [4.69, 9.17) is 11.6 Å². The molecule has 2 aromatic rings. The molecule has 1 unspecified atom stereocenters. The maximum absolute atomic E-state index is 10.8. The number of H-pyrrole nitrogens is 1. The number of hydrogen-bond donors (Lipinski definition) is 2. The summed E-state index contributed by atoms with van der Waals surface area (Å²) in [6.07, 6.45) is 3.18. The first-order valence-corrected chi connectivity index (χ1v) is 7.36. The van der Waals surface area contributed by atoms with Gasteiger partial charge in [-0.2, -0.15) is 20.5 Å². The summed E-state index contributed by atoms with van der Waals surface area (Å²) in [5.41, 5.74) is 1.59. The number of hydrogen-bond acceptors (Lipinski definition) is 5. The first kappa shape index (κ1) is 14.5. The van der Waals surface area contributed by atoms with Crippen molar-refractivity contribution >= 4 is 11.6 Å². The Labute approximate surface area is 127 Å². The summed E-state index contributed by atoms with van der Waals surface area (Å²) >= 11 is 6.29. The van der Waals surface area contributed by atoms with Gasteiger partial charge in [-0.1, -0.05) is 11.6 Å². The number of aryl methyl sites for hydroxylation is 2. The molecule has 0 bridgehead atoms. The van der Waals surface area contributed by atoms with Crippen molar-refractivity contribution in [3.05, 3.63) is 28.3 Å². The summed E-state index contributed by atoms with van der Waals surface area (Å²) in [4.78, 5) is 2.19. The van der Waals surface area contributed by atoms with Crippen molar-refractivity contribution in [1.82, 2.24) is 30.1 Å². The normalized spacial score (nSPS) is 23.6. The van der Waals surface area contributed by atoms with Gasteiger partial charge < -0.3 is 5.11 Å². The molecule has 8 heteroatoms. The van der Waals surface area contributed by atoms with Crippen LogP contribution in [0.2, 0.25) is 5.15 Å². The zero-order valence-electron chi connectivity index (χ0n) is 12.2. The third-order valence-corrected chi connectivity index (χ3v) is 4.57. The van der Waals surface area contributed by atoms with Crippen LogP contribution < -0.4 is 0 Å². The maximum Gasteiger partial charge on any atom is 0.131 e. The van der Waals surface area contributed by atoms with Crippen LogP contribution in [0.3, 0.4) is 0 Å². The van der Waals surface area contributed by atoms with Gasteiger partial charge in [0.25, 0.3) is 0 Å². The second-order valence-corrected chi connectivity index (χ2v) is 6.04. The van der Waals surface area contributed by atoms with Crippen LogP contribution in [0.4, 0.5) is 0 Å². The van der Waals surface area contributed by atoms with Gasteiger partial charge in [-0.05, 0) is 26.3 Å². The van der Waals surface area contributed by atoms with E-state index in [2.05, 4.69) is 25.4 Å². The van der Waals surface area contributed by atoms with E-state index in [1.807, 2.05) is 14.0 Å². The molecule has 3 rings (SSSR count). The maximum atomic E-state index is 10.8. The average molecular weight is 311 g/mol. The Morgan fingerprint density at radius 3 is 2.95 bits per heavy atom. The molecule has 1 aliphatic heterocycles. The van der Waals surface area contributed by atoms with E-state index in [1.54, 1.807) is 10.9 Å². The fourth-order valence-electron chi connectivity index (χ4n) is 2.97. The van der Waals surface area contributed by atoms with Gasteiger partial charge in [0.15, 0.2) is 0 Å². The zero-order chi connectivity index (χ0) is 15.0. The zero-order valence-corrected chi connectivity index (χ0v) is 12.9. The highest BCUT2D eigenvalue weighted by Crippen LogP contribution is 2.31. The van der Waals surface area contributed by atoms with Crippen LogP contribution in [0.25, 0.3) is 0 Å². The molecule has 7 nitrogen and oxygen atoms in total. The number of β-amino-alcohol motifs (C(OH)–C–C–N with tert-alkyl or cyclic N) is 1. The third-order valence-electron chi connectivity index (χ3n) is 4.09. The molecule has 0 aromatic carbocycles. The van der Waals surface area contributed by atoms with E-state index >= 15 is 0 Å². The van der Waals surface area contributed by atoms with E-state index < -0.39 is 5.60 Å². The predicted octanol–water partition coefficient (Wildman–Crippen LogP) is 0.984. The minimum atomic E-state index is -0.951. The van der Waals surface area contributed by atoms with E-state index in [-0.39, 0.29) is 0 Å². The number of aromatic nitrogens is 5. The van der Waals surface area contributed by atoms with Crippen LogP contribution >= 0.6 is 11.6 Å². The van der Waals surface area contributed by atoms with Crippen molar-refractivity contribution < 1.29 is 5.11 Å². The number of likely N-dealkylation sites (tertiary alicyclic amines) is 1. The second-order valence-electron chi connectivity index (χ2n) is 5.68. The largest absolute Gasteiger partial charge is 0.382 e. The lowest BCUT2D eigenvalue weighted by molar-refractivity contribution is -0.0414. The molecular weight excluding hydrogens is 292 g/mol. The van der Waals surface area contributed by atoms with Gasteiger partial charge in [-0.25, -0.2) is 0 Å². The number of nitrogens with one attached hydrogen (secondary N) is 1. The van der Waals surface area contributed by atoms with Crippen LogP contribution in [-0.4, -0.2) is 48.3 Å². The molecule has 1 saturated heterocycles. The van der Waals surface area contributed by atoms with Crippen molar-refractivity contribution in [3.63, 3.8) is 0 Å². The summed E-state index contributed by atoms with van der Waals surface area (Å²) in [5, 5.41) is 26.2. The second kappa shape index (κ2) is 5.40. The van der Waals surface area contributed by atoms with Gasteiger partial charge in [0.1, 0.15) is 16.4 Å². The lowest BCUT2D eigenvalue weighted by Gasteiger charge is -2.37. The summed E-state index contributed by atoms with van der Waals surface area (Å²) in [7, 11) is 1.83. The highest BCUT2D eigenvalue weighted by Gasteiger charge is 2.37. The SMILES string of the molecule is Cc1nn(C)c(Cl)c1CN1CCCC(O)(c2cn[nH]n2)C1. The molecule has 1 aliphatic rings. The van der Waals surface area contributed by atoms with Crippen LogP contribution in [0, 0.1) is 6.92 Å². The van der Waals surface area contributed by atoms with Gasteiger partial charge in [-0.15, -0.1) is 0 Å². The van der Waals surface area contributed by atoms with Crippen LogP contribution in [-0.2, 0) is 19.2 Å². The smallest absolute Gasteiger partial charge is 0.131 e. The number of halogens is 1. The van der Waals surface area contributed by atoms with E-state index in [9.17, 15) is 5.11 Å². The number of piperidine rings is 1. The minimum absolute atomic E-state index is 0.518. The molecular formula is C13H19ClN6O. The van der Waals surface area contributed by atoms with E-state index in [0.717, 1.165) is 24.2 Å². The van der Waals surface area contributed by atoms with Gasteiger partial charge >= 0.3 is 0 Å². The van der Waals surface area contributed by atoms with Crippen LogP contribution in [0.5, 0.6) is 0 Å². The highest BCUT2D eigenvalue weighted by atomic mass is 35.5. The lowest BCUT2D eigenvalue weighted by Crippen LogP contribution is -2.46. The molecule has 3 heterocycles. The Bertz CT molecular complexity index is 625. The summed E-state index contributed by atoms with van der Waals surface area (Å²) in [5.74, 6) is 0. The van der Waals surface area contributed by atoms with Crippen LogP contribution in [0.15, 0.2) is 6.20 Å². The van der Waals surface area contributed by atoms with Gasteiger partial charge in [-0.3, -0.25) is 9.58 Å². The Hall–Kier alpha value is -1.44. The number of aliphatic hydroxyl groups is 1.